The molecule has 5 nitrogen and oxygen atoms in total. The molecule has 0 aliphatic carbocycles. The first-order valence-corrected chi connectivity index (χ1v) is 13.1. The predicted octanol–water partition coefficient (Wildman–Crippen LogP) is 5.02. The maximum Gasteiger partial charge on any atom is 0.250 e. The third-order valence-corrected chi connectivity index (χ3v) is 7.50. The van der Waals surface area contributed by atoms with Crippen LogP contribution in [0.1, 0.15) is 31.2 Å². The Morgan fingerprint density at radius 1 is 0.970 bits per heavy atom. The summed E-state index contributed by atoms with van der Waals surface area (Å²) in [6, 6.07) is 16.7. The Kier molecular flexibility index (Phi) is 8.35. The molecule has 4 rings (SSSR count). The molecule has 1 fully saturated rings. The highest BCUT2D eigenvalue weighted by Gasteiger charge is 2.12. The van der Waals surface area contributed by atoms with Crippen LogP contribution in [0.15, 0.2) is 58.2 Å². The van der Waals surface area contributed by atoms with Gasteiger partial charge in [0.2, 0.25) is 0 Å². The number of anilines is 2. The lowest BCUT2D eigenvalue weighted by Gasteiger charge is -2.31. The van der Waals surface area contributed by atoms with Gasteiger partial charge in [0, 0.05) is 62.1 Å². The summed E-state index contributed by atoms with van der Waals surface area (Å²) in [7, 11) is 1.84. The van der Waals surface area contributed by atoms with Gasteiger partial charge in [-0.05, 0) is 72.9 Å². The Labute approximate surface area is 201 Å². The molecule has 2 aromatic carbocycles. The second kappa shape index (κ2) is 11.6. The second-order valence-corrected chi connectivity index (χ2v) is 10.0. The highest BCUT2D eigenvalue weighted by Crippen LogP contribution is 2.25. The molecule has 1 aliphatic rings. The number of hydrogen-bond acceptors (Lipinski definition) is 5. The van der Waals surface area contributed by atoms with Crippen molar-refractivity contribution in [1.82, 2.24) is 9.88 Å². The molecular formula is C27H36N4OS. The van der Waals surface area contributed by atoms with Crippen LogP contribution < -0.4 is 21.1 Å². The number of piperazine rings is 1. The zero-order valence-corrected chi connectivity index (χ0v) is 20.7. The van der Waals surface area contributed by atoms with Gasteiger partial charge >= 0.3 is 0 Å². The average Bonchev–Trinajstić information content (AvgIpc) is 2.84. The molecule has 0 amide bonds. The first-order chi connectivity index (χ1) is 16.1. The van der Waals surface area contributed by atoms with E-state index in [4.69, 9.17) is 0 Å². The maximum absolute atomic E-state index is 11.9. The lowest BCUT2D eigenvalue weighted by Crippen LogP contribution is -2.43. The zero-order valence-electron chi connectivity index (χ0n) is 19.9. The number of benzene rings is 2. The van der Waals surface area contributed by atoms with Gasteiger partial charge in [-0.1, -0.05) is 18.9 Å². The van der Waals surface area contributed by atoms with E-state index in [9.17, 15) is 4.79 Å². The van der Waals surface area contributed by atoms with Crippen molar-refractivity contribution < 1.29 is 0 Å². The molecule has 3 aromatic rings. The minimum Gasteiger partial charge on any atom is -0.385 e. The molecule has 6 heteroatoms. The van der Waals surface area contributed by atoms with E-state index in [0.717, 1.165) is 49.4 Å². The van der Waals surface area contributed by atoms with Crippen LogP contribution in [0.3, 0.4) is 0 Å². The van der Waals surface area contributed by atoms with Crippen LogP contribution in [-0.4, -0.2) is 43.0 Å². The lowest BCUT2D eigenvalue weighted by atomic mass is 10.1. The van der Waals surface area contributed by atoms with Gasteiger partial charge in [-0.15, -0.1) is 11.8 Å². The summed E-state index contributed by atoms with van der Waals surface area (Å²) >= 11 is 1.89. The second-order valence-electron chi connectivity index (χ2n) is 8.88. The van der Waals surface area contributed by atoms with Gasteiger partial charge < -0.3 is 20.1 Å². The highest BCUT2D eigenvalue weighted by molar-refractivity contribution is 7.99. The summed E-state index contributed by atoms with van der Waals surface area (Å²) in [5, 5.41) is 8.13. The van der Waals surface area contributed by atoms with Crippen LogP contribution in [0.4, 0.5) is 11.4 Å². The fourth-order valence-corrected chi connectivity index (χ4v) is 5.41. The number of rotatable bonds is 10. The Morgan fingerprint density at radius 3 is 2.58 bits per heavy atom. The molecular weight excluding hydrogens is 428 g/mol. The standard InChI is InChI=1S/C27H36N4OS/c1-21-19-23(9-11-25(21)31-16-14-28-15-17-31)29-13-5-3-4-6-18-33-24-10-7-22-8-12-27(32)30(2)26(22)20-24/h7-12,19-20,28-29H,3-6,13-18H2,1-2H3. The van der Waals surface area contributed by atoms with Crippen LogP contribution in [0.25, 0.3) is 10.9 Å². The zero-order chi connectivity index (χ0) is 23.0. The molecule has 2 heterocycles. The fourth-order valence-electron chi connectivity index (χ4n) is 4.47. The quantitative estimate of drug-likeness (QED) is 0.326. The summed E-state index contributed by atoms with van der Waals surface area (Å²) in [6.07, 6.45) is 4.91. The van der Waals surface area contributed by atoms with Crippen molar-refractivity contribution in [2.45, 2.75) is 37.5 Å². The summed E-state index contributed by atoms with van der Waals surface area (Å²) in [5.74, 6) is 1.12. The van der Waals surface area contributed by atoms with E-state index in [0.29, 0.717) is 0 Å². The monoisotopic (exact) mass is 464 g/mol. The number of thioether (sulfide) groups is 1. The van der Waals surface area contributed by atoms with Crippen molar-refractivity contribution in [1.29, 1.82) is 0 Å². The number of pyridine rings is 1. The molecule has 33 heavy (non-hydrogen) atoms. The van der Waals surface area contributed by atoms with E-state index in [1.165, 1.54) is 47.5 Å². The average molecular weight is 465 g/mol. The molecule has 1 saturated heterocycles. The van der Waals surface area contributed by atoms with Crippen LogP contribution in [0.5, 0.6) is 0 Å². The topological polar surface area (TPSA) is 49.3 Å². The minimum absolute atomic E-state index is 0.0453. The first-order valence-electron chi connectivity index (χ1n) is 12.1. The SMILES string of the molecule is Cc1cc(NCCCCCCSc2ccc3ccc(=O)n(C)c3c2)ccc1N1CCNCC1. The van der Waals surface area contributed by atoms with Crippen molar-refractivity contribution in [3.05, 3.63) is 64.4 Å². The molecule has 1 aliphatic heterocycles. The summed E-state index contributed by atoms with van der Waals surface area (Å²) in [4.78, 5) is 15.6. The van der Waals surface area contributed by atoms with E-state index >= 15 is 0 Å². The van der Waals surface area contributed by atoms with E-state index in [1.807, 2.05) is 24.9 Å². The Morgan fingerprint density at radius 2 is 1.76 bits per heavy atom. The predicted molar refractivity (Wildman–Crippen MR) is 143 cm³/mol. The van der Waals surface area contributed by atoms with Gasteiger partial charge in [-0.2, -0.15) is 0 Å². The molecule has 176 valence electrons. The Balaban J connectivity index is 1.13. The van der Waals surface area contributed by atoms with Crippen molar-refractivity contribution in [3.63, 3.8) is 0 Å². The van der Waals surface area contributed by atoms with Gasteiger partial charge in [0.1, 0.15) is 0 Å². The van der Waals surface area contributed by atoms with Gasteiger partial charge in [0.25, 0.3) is 5.56 Å². The van der Waals surface area contributed by atoms with E-state index < -0.39 is 0 Å². The van der Waals surface area contributed by atoms with E-state index in [-0.39, 0.29) is 5.56 Å². The Hall–Kier alpha value is -2.44. The smallest absolute Gasteiger partial charge is 0.250 e. The molecule has 0 atom stereocenters. The minimum atomic E-state index is 0.0453. The van der Waals surface area contributed by atoms with Gasteiger partial charge in [0.05, 0.1) is 5.52 Å². The van der Waals surface area contributed by atoms with Gasteiger partial charge in [-0.25, -0.2) is 0 Å². The van der Waals surface area contributed by atoms with Crippen molar-refractivity contribution in [2.24, 2.45) is 7.05 Å². The highest BCUT2D eigenvalue weighted by atomic mass is 32.2. The van der Waals surface area contributed by atoms with Crippen LogP contribution >= 0.6 is 11.8 Å². The molecule has 1 aromatic heterocycles. The van der Waals surface area contributed by atoms with Crippen molar-refractivity contribution in [2.75, 3.05) is 48.7 Å². The summed E-state index contributed by atoms with van der Waals surface area (Å²) in [6.45, 7) is 7.56. The van der Waals surface area contributed by atoms with Crippen LogP contribution in [-0.2, 0) is 7.05 Å². The molecule has 2 N–H and O–H groups in total. The lowest BCUT2D eigenvalue weighted by molar-refractivity contribution is 0.588. The number of fused-ring (bicyclic) bond motifs is 1. The van der Waals surface area contributed by atoms with Crippen molar-refractivity contribution >= 4 is 34.0 Å². The fraction of sp³-hybridized carbons (Fsp3) is 0.444. The van der Waals surface area contributed by atoms with E-state index in [1.54, 1.807) is 10.6 Å². The van der Waals surface area contributed by atoms with Crippen LogP contribution in [0, 0.1) is 6.92 Å². The number of aromatic nitrogens is 1. The first kappa shape index (κ1) is 23.7. The normalized spacial score (nSPS) is 14.1. The molecule has 0 spiro atoms. The summed E-state index contributed by atoms with van der Waals surface area (Å²) < 4.78 is 1.73. The van der Waals surface area contributed by atoms with Crippen LogP contribution in [0.2, 0.25) is 0 Å². The van der Waals surface area contributed by atoms with Crippen molar-refractivity contribution in [3.8, 4) is 0 Å². The number of nitrogens with zero attached hydrogens (tertiary/aromatic N) is 2. The third-order valence-electron chi connectivity index (χ3n) is 6.42. The number of unbranched alkanes of at least 4 members (excludes halogenated alkanes) is 3. The number of nitrogens with one attached hydrogen (secondary N) is 2. The summed E-state index contributed by atoms with van der Waals surface area (Å²) in [5.41, 5.74) is 5.01. The third kappa shape index (κ3) is 6.33. The van der Waals surface area contributed by atoms with E-state index in [2.05, 4.69) is 58.9 Å². The van der Waals surface area contributed by atoms with Gasteiger partial charge in [-0.3, -0.25) is 4.79 Å². The molecule has 0 radical (unpaired) electrons. The van der Waals surface area contributed by atoms with Gasteiger partial charge in [0.15, 0.2) is 0 Å². The number of aryl methyl sites for hydroxylation is 2. The number of hydrogen-bond donors (Lipinski definition) is 2. The molecule has 0 saturated carbocycles. The molecule has 0 unspecified atom stereocenters. The maximum atomic E-state index is 11.9. The Bertz CT molecular complexity index is 1120. The largest absolute Gasteiger partial charge is 0.385 e. The molecule has 0 bridgehead atoms.